The van der Waals surface area contributed by atoms with E-state index in [0.717, 1.165) is 25.3 Å². The van der Waals surface area contributed by atoms with Crippen LogP contribution in [-0.2, 0) is 4.74 Å². The Labute approximate surface area is 137 Å². The van der Waals surface area contributed by atoms with Crippen molar-refractivity contribution >= 4 is 5.90 Å². The van der Waals surface area contributed by atoms with Crippen LogP contribution in [0.25, 0.3) is 0 Å². The number of allylic oxidation sites excluding steroid dienone is 4. The third-order valence-corrected chi connectivity index (χ3v) is 3.84. The molecule has 0 spiro atoms. The standard InChI is InChI=1S/C20H35NO/c1-4-5-6-7-8-9-10-11-12-13-14-15-16-17-19-21-20(2,3)18-22-19/h5-6,11-12H,4,7-10,13-18H2,1-3H3/b6-5-,12-11-. The highest BCUT2D eigenvalue weighted by atomic mass is 16.5. The van der Waals surface area contributed by atoms with Gasteiger partial charge in [0, 0.05) is 6.42 Å². The molecule has 0 N–H and O–H groups in total. The van der Waals surface area contributed by atoms with Gasteiger partial charge in [0.15, 0.2) is 5.90 Å². The minimum Gasteiger partial charge on any atom is -0.478 e. The lowest BCUT2D eigenvalue weighted by Gasteiger charge is -2.07. The molecule has 0 aromatic heterocycles. The van der Waals surface area contributed by atoms with E-state index in [1.54, 1.807) is 0 Å². The summed E-state index contributed by atoms with van der Waals surface area (Å²) in [6.07, 6.45) is 21.5. The number of rotatable bonds is 12. The van der Waals surface area contributed by atoms with Crippen LogP contribution in [0, 0.1) is 0 Å². The molecule has 0 saturated heterocycles. The fraction of sp³-hybridized carbons (Fsp3) is 0.750. The minimum atomic E-state index is 0.00437. The first kappa shape index (κ1) is 19.0. The zero-order chi connectivity index (χ0) is 16.1. The molecule has 0 saturated carbocycles. The first-order valence-corrected chi connectivity index (χ1v) is 9.15. The highest BCUT2D eigenvalue weighted by Crippen LogP contribution is 2.19. The van der Waals surface area contributed by atoms with Gasteiger partial charge in [-0.05, 0) is 65.2 Å². The van der Waals surface area contributed by atoms with E-state index in [0.29, 0.717) is 0 Å². The summed E-state index contributed by atoms with van der Waals surface area (Å²) in [6, 6.07) is 0. The molecule has 0 amide bonds. The van der Waals surface area contributed by atoms with E-state index in [4.69, 9.17) is 4.74 Å². The van der Waals surface area contributed by atoms with Crippen LogP contribution in [0.1, 0.15) is 85.0 Å². The van der Waals surface area contributed by atoms with E-state index < -0.39 is 0 Å². The summed E-state index contributed by atoms with van der Waals surface area (Å²) in [6.45, 7) is 7.20. The molecule has 2 nitrogen and oxygen atoms in total. The summed E-state index contributed by atoms with van der Waals surface area (Å²) in [7, 11) is 0. The van der Waals surface area contributed by atoms with E-state index >= 15 is 0 Å². The van der Waals surface area contributed by atoms with Crippen molar-refractivity contribution in [3.63, 3.8) is 0 Å². The molecule has 0 radical (unpaired) electrons. The van der Waals surface area contributed by atoms with Crippen LogP contribution in [-0.4, -0.2) is 18.0 Å². The largest absolute Gasteiger partial charge is 0.478 e. The van der Waals surface area contributed by atoms with Crippen molar-refractivity contribution in [2.45, 2.75) is 90.5 Å². The smallest absolute Gasteiger partial charge is 0.183 e. The number of unbranched alkanes of at least 4 members (excludes halogenated alkanes) is 6. The summed E-state index contributed by atoms with van der Waals surface area (Å²) in [5, 5.41) is 0. The molecule has 22 heavy (non-hydrogen) atoms. The Morgan fingerprint density at radius 3 is 2.05 bits per heavy atom. The average molecular weight is 306 g/mol. The Bertz CT molecular complexity index is 366. The third kappa shape index (κ3) is 9.81. The number of nitrogens with zero attached hydrogens (tertiary/aromatic N) is 1. The van der Waals surface area contributed by atoms with E-state index in [1.807, 2.05) is 0 Å². The van der Waals surface area contributed by atoms with Crippen LogP contribution in [0.2, 0.25) is 0 Å². The Hall–Kier alpha value is -1.05. The minimum absolute atomic E-state index is 0.00437. The molecule has 0 aromatic rings. The monoisotopic (exact) mass is 305 g/mol. The van der Waals surface area contributed by atoms with Gasteiger partial charge in [-0.3, -0.25) is 0 Å². The van der Waals surface area contributed by atoms with Crippen LogP contribution in [0.3, 0.4) is 0 Å². The molecule has 0 aliphatic carbocycles. The van der Waals surface area contributed by atoms with Gasteiger partial charge in [-0.2, -0.15) is 0 Å². The summed E-state index contributed by atoms with van der Waals surface area (Å²) in [5.41, 5.74) is 0.00437. The molecule has 0 unspecified atom stereocenters. The molecule has 0 fully saturated rings. The zero-order valence-electron chi connectivity index (χ0n) is 14.9. The van der Waals surface area contributed by atoms with Crippen molar-refractivity contribution in [1.29, 1.82) is 0 Å². The van der Waals surface area contributed by atoms with Crippen LogP contribution in [0.4, 0.5) is 0 Å². The lowest BCUT2D eigenvalue weighted by atomic mass is 10.1. The number of ether oxygens (including phenoxy) is 1. The summed E-state index contributed by atoms with van der Waals surface area (Å²) in [4.78, 5) is 4.59. The molecule has 1 aliphatic rings. The Kier molecular flexibility index (Phi) is 9.94. The highest BCUT2D eigenvalue weighted by Gasteiger charge is 2.25. The topological polar surface area (TPSA) is 21.6 Å². The number of aliphatic imine (C=N–C) groups is 1. The molecule has 126 valence electrons. The molecular weight excluding hydrogens is 270 g/mol. The normalized spacial score (nSPS) is 17.3. The van der Waals surface area contributed by atoms with Crippen LogP contribution in [0.5, 0.6) is 0 Å². The van der Waals surface area contributed by atoms with Gasteiger partial charge in [0.05, 0.1) is 5.54 Å². The second kappa shape index (κ2) is 11.5. The van der Waals surface area contributed by atoms with Gasteiger partial charge in [0.2, 0.25) is 0 Å². The van der Waals surface area contributed by atoms with Crippen molar-refractivity contribution in [3.05, 3.63) is 24.3 Å². The van der Waals surface area contributed by atoms with Gasteiger partial charge in [0.1, 0.15) is 6.61 Å². The quantitative estimate of drug-likeness (QED) is 0.309. The first-order valence-electron chi connectivity index (χ1n) is 9.15. The van der Waals surface area contributed by atoms with Gasteiger partial charge < -0.3 is 4.74 Å². The Balaban J connectivity index is 1.87. The van der Waals surface area contributed by atoms with Gasteiger partial charge in [0.25, 0.3) is 0 Å². The molecule has 1 heterocycles. The molecule has 2 heteroatoms. The Morgan fingerprint density at radius 1 is 0.909 bits per heavy atom. The number of hydrogen-bond acceptors (Lipinski definition) is 2. The molecule has 0 aromatic carbocycles. The predicted octanol–water partition coefficient (Wildman–Crippen LogP) is 6.23. The molecule has 0 bridgehead atoms. The maximum absolute atomic E-state index is 5.61. The fourth-order valence-electron chi connectivity index (χ4n) is 2.55. The van der Waals surface area contributed by atoms with Crippen molar-refractivity contribution in [2.75, 3.05) is 6.61 Å². The third-order valence-electron chi connectivity index (χ3n) is 3.84. The van der Waals surface area contributed by atoms with Crippen molar-refractivity contribution < 1.29 is 4.74 Å². The lowest BCUT2D eigenvalue weighted by Crippen LogP contribution is -2.17. The van der Waals surface area contributed by atoms with Gasteiger partial charge in [-0.1, -0.05) is 37.6 Å². The number of hydrogen-bond donors (Lipinski definition) is 0. The van der Waals surface area contributed by atoms with Gasteiger partial charge in [-0.25, -0.2) is 4.99 Å². The van der Waals surface area contributed by atoms with Crippen LogP contribution >= 0.6 is 0 Å². The second-order valence-corrected chi connectivity index (χ2v) is 6.84. The van der Waals surface area contributed by atoms with E-state index in [9.17, 15) is 0 Å². The van der Waals surface area contributed by atoms with E-state index in [-0.39, 0.29) is 5.54 Å². The maximum atomic E-state index is 5.61. The molecular formula is C20H35NO. The maximum Gasteiger partial charge on any atom is 0.183 e. The SMILES string of the molecule is CC/C=C\CCCC/C=C\CCCCCC1=NC(C)(C)CO1. The van der Waals surface area contributed by atoms with Crippen LogP contribution < -0.4 is 0 Å². The lowest BCUT2D eigenvalue weighted by molar-refractivity contribution is 0.273. The molecule has 0 atom stereocenters. The second-order valence-electron chi connectivity index (χ2n) is 6.84. The zero-order valence-corrected chi connectivity index (χ0v) is 14.9. The molecule has 1 rings (SSSR count). The summed E-state index contributed by atoms with van der Waals surface area (Å²) < 4.78 is 5.61. The van der Waals surface area contributed by atoms with Gasteiger partial charge in [-0.15, -0.1) is 0 Å². The first-order chi connectivity index (χ1) is 10.6. The van der Waals surface area contributed by atoms with Crippen molar-refractivity contribution in [1.82, 2.24) is 0 Å². The predicted molar refractivity (Wildman–Crippen MR) is 97.6 cm³/mol. The fourth-order valence-corrected chi connectivity index (χ4v) is 2.55. The Morgan fingerprint density at radius 2 is 1.50 bits per heavy atom. The van der Waals surface area contributed by atoms with Gasteiger partial charge >= 0.3 is 0 Å². The average Bonchev–Trinajstić information content (AvgIpc) is 2.83. The van der Waals surface area contributed by atoms with E-state index in [2.05, 4.69) is 50.1 Å². The molecule has 1 aliphatic heterocycles. The van der Waals surface area contributed by atoms with Crippen molar-refractivity contribution in [3.8, 4) is 0 Å². The van der Waals surface area contributed by atoms with Crippen molar-refractivity contribution in [2.24, 2.45) is 4.99 Å². The summed E-state index contributed by atoms with van der Waals surface area (Å²) >= 11 is 0. The van der Waals surface area contributed by atoms with E-state index in [1.165, 1.54) is 51.4 Å². The summed E-state index contributed by atoms with van der Waals surface area (Å²) in [5.74, 6) is 0.970. The van der Waals surface area contributed by atoms with Crippen LogP contribution in [0.15, 0.2) is 29.3 Å². The highest BCUT2D eigenvalue weighted by molar-refractivity contribution is 5.78.